The standard InChI is InChI=1S/C16H16FN5O3/c1-10-2-3-12(11(17)8-10)19-14-13-9-18-4-5-22(13)20-15(14)16(24)21-25-7-6-23/h2-5,8-9,19,23H,6-7H2,1H3,(H,21,24). The zero-order valence-corrected chi connectivity index (χ0v) is 13.4. The van der Waals surface area contributed by atoms with Crippen LogP contribution in [-0.4, -0.2) is 38.8 Å². The Morgan fingerprint density at radius 3 is 3.04 bits per heavy atom. The molecule has 0 aliphatic heterocycles. The number of benzene rings is 1. The van der Waals surface area contributed by atoms with Crippen molar-refractivity contribution in [2.45, 2.75) is 6.92 Å². The fourth-order valence-corrected chi connectivity index (χ4v) is 2.25. The molecule has 0 atom stereocenters. The summed E-state index contributed by atoms with van der Waals surface area (Å²) in [5.41, 5.74) is 3.96. The van der Waals surface area contributed by atoms with Crippen molar-refractivity contribution >= 4 is 22.8 Å². The number of nitrogens with one attached hydrogen (secondary N) is 2. The highest BCUT2D eigenvalue weighted by Crippen LogP contribution is 2.27. The topological polar surface area (TPSA) is 101 Å². The van der Waals surface area contributed by atoms with Crippen LogP contribution >= 0.6 is 0 Å². The van der Waals surface area contributed by atoms with Gasteiger partial charge in [-0.2, -0.15) is 5.10 Å². The monoisotopic (exact) mass is 345 g/mol. The number of hydrogen-bond acceptors (Lipinski definition) is 6. The molecule has 0 aliphatic rings. The summed E-state index contributed by atoms with van der Waals surface area (Å²) in [6.45, 7) is 1.48. The third-order valence-electron chi connectivity index (χ3n) is 3.40. The number of aliphatic hydroxyl groups excluding tert-OH is 1. The molecule has 1 aromatic carbocycles. The number of aryl methyl sites for hydroxylation is 1. The van der Waals surface area contributed by atoms with E-state index in [0.717, 1.165) is 5.56 Å². The van der Waals surface area contributed by atoms with Crippen molar-refractivity contribution in [2.24, 2.45) is 0 Å². The lowest BCUT2D eigenvalue weighted by Crippen LogP contribution is -2.26. The molecule has 0 radical (unpaired) electrons. The van der Waals surface area contributed by atoms with Gasteiger partial charge in [0.25, 0.3) is 5.91 Å². The molecular formula is C16H16FN5O3. The minimum atomic E-state index is -0.632. The molecule has 0 fully saturated rings. The summed E-state index contributed by atoms with van der Waals surface area (Å²) in [5, 5.41) is 15.8. The Morgan fingerprint density at radius 2 is 2.28 bits per heavy atom. The van der Waals surface area contributed by atoms with E-state index in [1.54, 1.807) is 25.3 Å². The second-order valence-electron chi connectivity index (χ2n) is 5.24. The van der Waals surface area contributed by atoms with Gasteiger partial charge in [0, 0.05) is 12.4 Å². The highest BCUT2D eigenvalue weighted by molar-refractivity contribution is 6.02. The summed E-state index contributed by atoms with van der Waals surface area (Å²) >= 11 is 0. The molecule has 0 aliphatic carbocycles. The molecule has 1 amide bonds. The van der Waals surface area contributed by atoms with Crippen LogP contribution in [0.25, 0.3) is 5.52 Å². The van der Waals surface area contributed by atoms with Gasteiger partial charge < -0.3 is 10.4 Å². The van der Waals surface area contributed by atoms with Crippen LogP contribution in [0, 0.1) is 12.7 Å². The van der Waals surface area contributed by atoms with Gasteiger partial charge in [-0.05, 0) is 24.6 Å². The molecule has 25 heavy (non-hydrogen) atoms. The number of carbonyl (C=O) groups is 1. The van der Waals surface area contributed by atoms with Crippen LogP contribution in [0.4, 0.5) is 15.8 Å². The first-order valence-electron chi connectivity index (χ1n) is 7.48. The molecule has 3 N–H and O–H groups in total. The molecule has 0 bridgehead atoms. The van der Waals surface area contributed by atoms with Crippen molar-refractivity contribution in [3.05, 3.63) is 53.9 Å². The molecule has 0 spiro atoms. The summed E-state index contributed by atoms with van der Waals surface area (Å²) in [6, 6.07) is 4.71. The van der Waals surface area contributed by atoms with Crippen LogP contribution < -0.4 is 10.8 Å². The fourth-order valence-electron chi connectivity index (χ4n) is 2.25. The molecule has 3 rings (SSSR count). The number of fused-ring (bicyclic) bond motifs is 1. The maximum atomic E-state index is 14.2. The minimum Gasteiger partial charge on any atom is -0.394 e. The Kier molecular flexibility index (Phi) is 4.87. The van der Waals surface area contributed by atoms with E-state index < -0.39 is 11.7 Å². The number of aliphatic hydroxyl groups is 1. The molecular weight excluding hydrogens is 329 g/mol. The minimum absolute atomic E-state index is 0.00548. The van der Waals surface area contributed by atoms with Crippen molar-refractivity contribution in [1.82, 2.24) is 20.1 Å². The van der Waals surface area contributed by atoms with E-state index in [-0.39, 0.29) is 24.6 Å². The number of rotatable bonds is 6. The summed E-state index contributed by atoms with van der Waals surface area (Å²) in [7, 11) is 0. The second kappa shape index (κ2) is 7.24. The highest BCUT2D eigenvalue weighted by atomic mass is 19.1. The summed E-state index contributed by atoms with van der Waals surface area (Å²) in [6.07, 6.45) is 4.59. The number of hydroxylamine groups is 1. The largest absolute Gasteiger partial charge is 0.394 e. The number of nitrogens with zero attached hydrogens (tertiary/aromatic N) is 3. The Bertz CT molecular complexity index is 912. The number of amides is 1. The van der Waals surface area contributed by atoms with Gasteiger partial charge in [-0.25, -0.2) is 14.4 Å². The number of halogens is 1. The molecule has 2 aromatic heterocycles. The zero-order valence-electron chi connectivity index (χ0n) is 13.4. The first-order valence-corrected chi connectivity index (χ1v) is 7.48. The molecule has 130 valence electrons. The van der Waals surface area contributed by atoms with E-state index in [1.165, 1.54) is 23.0 Å². The fraction of sp³-hybridized carbons (Fsp3) is 0.188. The molecule has 0 saturated carbocycles. The third kappa shape index (κ3) is 3.57. The highest BCUT2D eigenvalue weighted by Gasteiger charge is 2.21. The van der Waals surface area contributed by atoms with Crippen LogP contribution in [0.1, 0.15) is 16.1 Å². The Labute approximate surface area is 142 Å². The Hall–Kier alpha value is -3.04. The quantitative estimate of drug-likeness (QED) is 0.463. The molecule has 0 saturated heterocycles. The van der Waals surface area contributed by atoms with Crippen LogP contribution in [-0.2, 0) is 4.84 Å². The summed E-state index contributed by atoms with van der Waals surface area (Å²) in [5.74, 6) is -1.08. The smallest absolute Gasteiger partial charge is 0.297 e. The lowest BCUT2D eigenvalue weighted by atomic mass is 10.2. The molecule has 8 nitrogen and oxygen atoms in total. The van der Waals surface area contributed by atoms with Gasteiger partial charge in [-0.1, -0.05) is 6.07 Å². The predicted molar refractivity (Wildman–Crippen MR) is 87.9 cm³/mol. The van der Waals surface area contributed by atoms with Crippen molar-refractivity contribution in [3.63, 3.8) is 0 Å². The number of aromatic nitrogens is 3. The van der Waals surface area contributed by atoms with Gasteiger partial charge >= 0.3 is 0 Å². The van der Waals surface area contributed by atoms with Crippen molar-refractivity contribution in [2.75, 3.05) is 18.5 Å². The summed E-state index contributed by atoms with van der Waals surface area (Å²) < 4.78 is 15.6. The first kappa shape index (κ1) is 16.8. The normalized spacial score (nSPS) is 10.8. The van der Waals surface area contributed by atoms with Gasteiger partial charge in [0.15, 0.2) is 5.69 Å². The number of hydrogen-bond donors (Lipinski definition) is 3. The van der Waals surface area contributed by atoms with E-state index in [0.29, 0.717) is 11.2 Å². The van der Waals surface area contributed by atoms with Crippen LogP contribution in [0.2, 0.25) is 0 Å². The molecule has 0 unspecified atom stereocenters. The van der Waals surface area contributed by atoms with Crippen LogP contribution in [0.15, 0.2) is 36.8 Å². The SMILES string of the molecule is Cc1ccc(Nc2c(C(=O)NOCCO)nn3ccncc23)c(F)c1. The molecule has 2 heterocycles. The maximum absolute atomic E-state index is 14.2. The predicted octanol–water partition coefficient (Wildman–Crippen LogP) is 1.57. The second-order valence-corrected chi connectivity index (χ2v) is 5.24. The summed E-state index contributed by atoms with van der Waals surface area (Å²) in [4.78, 5) is 21.1. The van der Waals surface area contributed by atoms with Gasteiger partial charge in [-0.3, -0.25) is 14.6 Å². The first-order chi connectivity index (χ1) is 12.1. The Balaban J connectivity index is 1.99. The average molecular weight is 345 g/mol. The van der Waals surface area contributed by atoms with E-state index in [2.05, 4.69) is 20.9 Å². The third-order valence-corrected chi connectivity index (χ3v) is 3.40. The van der Waals surface area contributed by atoms with Gasteiger partial charge in [0.2, 0.25) is 0 Å². The van der Waals surface area contributed by atoms with E-state index in [4.69, 9.17) is 9.94 Å². The van der Waals surface area contributed by atoms with Crippen molar-refractivity contribution < 1.29 is 19.1 Å². The van der Waals surface area contributed by atoms with Gasteiger partial charge in [-0.15, -0.1) is 0 Å². The Morgan fingerprint density at radius 1 is 1.44 bits per heavy atom. The zero-order chi connectivity index (χ0) is 17.8. The molecule has 9 heteroatoms. The van der Waals surface area contributed by atoms with Gasteiger partial charge in [0.05, 0.1) is 25.1 Å². The van der Waals surface area contributed by atoms with Crippen LogP contribution in [0.5, 0.6) is 0 Å². The number of anilines is 2. The van der Waals surface area contributed by atoms with E-state index in [9.17, 15) is 9.18 Å². The van der Waals surface area contributed by atoms with E-state index >= 15 is 0 Å². The van der Waals surface area contributed by atoms with E-state index in [1.807, 2.05) is 0 Å². The van der Waals surface area contributed by atoms with Crippen LogP contribution in [0.3, 0.4) is 0 Å². The number of carbonyl (C=O) groups excluding carboxylic acids is 1. The lowest BCUT2D eigenvalue weighted by molar-refractivity contribution is 0.0165. The average Bonchev–Trinajstić information content (AvgIpc) is 2.96. The van der Waals surface area contributed by atoms with Crippen molar-refractivity contribution in [3.8, 4) is 0 Å². The van der Waals surface area contributed by atoms with Gasteiger partial charge in [0.1, 0.15) is 17.0 Å². The lowest BCUT2D eigenvalue weighted by Gasteiger charge is -2.09. The van der Waals surface area contributed by atoms with Crippen molar-refractivity contribution in [1.29, 1.82) is 0 Å². The molecule has 3 aromatic rings. The maximum Gasteiger partial charge on any atom is 0.297 e.